The van der Waals surface area contributed by atoms with Crippen LogP contribution in [-0.2, 0) is 30.8 Å². The monoisotopic (exact) mass is 445 g/mol. The molecule has 2 aromatic carbocycles. The van der Waals surface area contributed by atoms with Crippen molar-refractivity contribution in [1.82, 2.24) is 14.4 Å². The lowest BCUT2D eigenvalue weighted by molar-refractivity contribution is -0.305. The molecule has 3 aromatic rings. The first kappa shape index (κ1) is 21.9. The molecule has 0 unspecified atom stereocenters. The average molecular weight is 446 g/mol. The van der Waals surface area contributed by atoms with Gasteiger partial charge in [0.05, 0.1) is 31.2 Å². The van der Waals surface area contributed by atoms with E-state index in [9.17, 15) is 8.42 Å². The molecule has 2 heterocycles. The van der Waals surface area contributed by atoms with Crippen LogP contribution in [0.4, 0.5) is 0 Å². The van der Waals surface area contributed by atoms with Gasteiger partial charge in [-0.1, -0.05) is 47.7 Å². The molecule has 4 rings (SSSR count). The Morgan fingerprint density at radius 3 is 2.58 bits per heavy atom. The van der Waals surface area contributed by atoms with Gasteiger partial charge in [-0.3, -0.25) is 0 Å². The van der Waals surface area contributed by atoms with Gasteiger partial charge in [0, 0.05) is 6.42 Å². The summed E-state index contributed by atoms with van der Waals surface area (Å²) in [5.41, 5.74) is 2.12. The number of para-hydroxylation sites is 1. The number of hydrogen-bond donors (Lipinski definition) is 0. The molecule has 0 N–H and O–H groups in total. The van der Waals surface area contributed by atoms with Gasteiger partial charge < -0.3 is 14.2 Å². The molecule has 0 saturated carbocycles. The third-order valence-corrected chi connectivity index (χ3v) is 6.67. The van der Waals surface area contributed by atoms with Crippen molar-refractivity contribution in [3.63, 3.8) is 0 Å². The second kappa shape index (κ2) is 9.04. The van der Waals surface area contributed by atoms with Crippen LogP contribution in [0.1, 0.15) is 32.3 Å². The summed E-state index contributed by atoms with van der Waals surface area (Å²) in [6.07, 6.45) is 0.454. The fourth-order valence-corrected chi connectivity index (χ4v) is 5.14. The molecule has 1 fully saturated rings. The van der Waals surface area contributed by atoms with Crippen LogP contribution < -0.4 is 0 Å². The van der Waals surface area contributed by atoms with E-state index in [0.29, 0.717) is 37.1 Å². The van der Waals surface area contributed by atoms with E-state index in [-0.39, 0.29) is 18.0 Å². The molecule has 1 aliphatic rings. The van der Waals surface area contributed by atoms with Crippen LogP contribution in [-0.4, -0.2) is 53.2 Å². The number of aromatic nitrogens is 3. The Kier molecular flexibility index (Phi) is 6.38. The summed E-state index contributed by atoms with van der Waals surface area (Å²) in [4.78, 5) is 0. The van der Waals surface area contributed by atoms with E-state index < -0.39 is 15.8 Å². The number of nitrogens with zero attached hydrogens (tertiary/aromatic N) is 3. The van der Waals surface area contributed by atoms with Crippen LogP contribution in [0, 0.1) is 0 Å². The Morgan fingerprint density at radius 2 is 1.77 bits per heavy atom. The summed E-state index contributed by atoms with van der Waals surface area (Å²) < 4.78 is 44.5. The van der Waals surface area contributed by atoms with E-state index in [2.05, 4.69) is 10.3 Å². The van der Waals surface area contributed by atoms with Crippen LogP contribution in [0.2, 0.25) is 0 Å². The standard InChI is InChI=1S/C22H27N3O5S/c1-22(2)29-18(14-19(30-22)16-28-15-17-8-4-3-5-9-17)12-13-31(26,27)25-21-11-7-6-10-20(21)23-24-25/h3-11,18-19H,12-16H2,1-2H3/t18-,19-/m0/s1. The number of rotatable bonds is 8. The third kappa shape index (κ3) is 5.48. The summed E-state index contributed by atoms with van der Waals surface area (Å²) in [5, 5.41) is 7.78. The van der Waals surface area contributed by atoms with E-state index in [1.807, 2.05) is 44.2 Å². The summed E-state index contributed by atoms with van der Waals surface area (Å²) in [6, 6.07) is 16.9. The summed E-state index contributed by atoms with van der Waals surface area (Å²) >= 11 is 0. The van der Waals surface area contributed by atoms with Crippen LogP contribution in [0.5, 0.6) is 0 Å². The van der Waals surface area contributed by atoms with Gasteiger partial charge in [0.25, 0.3) is 10.0 Å². The summed E-state index contributed by atoms with van der Waals surface area (Å²) in [6.45, 7) is 4.59. The van der Waals surface area contributed by atoms with Crippen molar-refractivity contribution in [2.45, 2.75) is 51.3 Å². The van der Waals surface area contributed by atoms with E-state index in [1.165, 1.54) is 0 Å². The smallest absolute Gasteiger partial charge is 0.255 e. The molecular weight excluding hydrogens is 418 g/mol. The average Bonchev–Trinajstić information content (AvgIpc) is 3.17. The van der Waals surface area contributed by atoms with E-state index in [1.54, 1.807) is 24.3 Å². The van der Waals surface area contributed by atoms with Gasteiger partial charge in [-0.25, -0.2) is 8.42 Å². The summed E-state index contributed by atoms with van der Waals surface area (Å²) in [7, 11) is -3.66. The highest BCUT2D eigenvalue weighted by Gasteiger charge is 2.36. The van der Waals surface area contributed by atoms with Gasteiger partial charge in [0.15, 0.2) is 5.79 Å². The van der Waals surface area contributed by atoms with Crippen LogP contribution in [0.15, 0.2) is 54.6 Å². The normalized spacial score (nSPS) is 21.4. The van der Waals surface area contributed by atoms with Gasteiger partial charge in [0.1, 0.15) is 11.0 Å². The van der Waals surface area contributed by atoms with Crippen LogP contribution in [0.3, 0.4) is 0 Å². The molecule has 9 heteroatoms. The SMILES string of the molecule is CC1(C)O[C@H](COCc2ccccc2)C[C@H](CCS(=O)(=O)n2nnc3ccccc32)O1. The largest absolute Gasteiger partial charge is 0.374 e. The molecule has 0 amide bonds. The maximum absolute atomic E-state index is 12.9. The lowest BCUT2D eigenvalue weighted by atomic mass is 10.1. The van der Waals surface area contributed by atoms with Crippen molar-refractivity contribution in [2.24, 2.45) is 0 Å². The van der Waals surface area contributed by atoms with Crippen molar-refractivity contribution in [3.05, 3.63) is 60.2 Å². The zero-order chi connectivity index (χ0) is 21.9. The zero-order valence-corrected chi connectivity index (χ0v) is 18.5. The number of benzene rings is 2. The van der Waals surface area contributed by atoms with Crippen molar-refractivity contribution >= 4 is 21.1 Å². The molecule has 2 atom stereocenters. The first-order valence-corrected chi connectivity index (χ1v) is 11.9. The lowest BCUT2D eigenvalue weighted by Gasteiger charge is -2.40. The van der Waals surface area contributed by atoms with Crippen LogP contribution >= 0.6 is 0 Å². The van der Waals surface area contributed by atoms with Crippen molar-refractivity contribution in [3.8, 4) is 0 Å². The first-order chi connectivity index (χ1) is 14.8. The maximum atomic E-state index is 12.9. The lowest BCUT2D eigenvalue weighted by Crippen LogP contribution is -2.46. The first-order valence-electron chi connectivity index (χ1n) is 10.3. The van der Waals surface area contributed by atoms with E-state index >= 15 is 0 Å². The fourth-order valence-electron chi connectivity index (χ4n) is 3.80. The van der Waals surface area contributed by atoms with Crippen molar-refractivity contribution in [1.29, 1.82) is 0 Å². The Balaban J connectivity index is 1.36. The quantitative estimate of drug-likeness (QED) is 0.526. The second-order valence-corrected chi connectivity index (χ2v) is 10.1. The minimum Gasteiger partial charge on any atom is -0.374 e. The molecule has 0 radical (unpaired) electrons. The van der Waals surface area contributed by atoms with Gasteiger partial charge in [-0.15, -0.1) is 9.19 Å². The molecule has 0 bridgehead atoms. The Bertz CT molecular complexity index is 1110. The molecular formula is C22H27N3O5S. The van der Waals surface area contributed by atoms with Gasteiger partial charge >= 0.3 is 0 Å². The number of ether oxygens (including phenoxy) is 3. The van der Waals surface area contributed by atoms with Gasteiger partial charge in [-0.2, -0.15) is 0 Å². The van der Waals surface area contributed by atoms with E-state index in [0.717, 1.165) is 9.65 Å². The predicted molar refractivity (Wildman–Crippen MR) is 116 cm³/mol. The molecule has 1 saturated heterocycles. The maximum Gasteiger partial charge on any atom is 0.255 e. The number of hydrogen-bond acceptors (Lipinski definition) is 7. The Labute approximate surface area is 182 Å². The Hall–Kier alpha value is -2.33. The molecule has 0 aliphatic carbocycles. The highest BCUT2D eigenvalue weighted by atomic mass is 32.2. The molecule has 166 valence electrons. The summed E-state index contributed by atoms with van der Waals surface area (Å²) in [5.74, 6) is -0.911. The fraction of sp³-hybridized carbons (Fsp3) is 0.455. The molecule has 1 aromatic heterocycles. The minimum absolute atomic E-state index is 0.0985. The molecule has 1 aliphatic heterocycles. The van der Waals surface area contributed by atoms with Crippen molar-refractivity contribution in [2.75, 3.05) is 12.4 Å². The molecule has 8 nitrogen and oxygen atoms in total. The van der Waals surface area contributed by atoms with Crippen molar-refractivity contribution < 1.29 is 22.6 Å². The third-order valence-electron chi connectivity index (χ3n) is 5.12. The van der Waals surface area contributed by atoms with Gasteiger partial charge in [0.2, 0.25) is 0 Å². The second-order valence-electron chi connectivity index (χ2n) is 8.14. The zero-order valence-electron chi connectivity index (χ0n) is 17.7. The van der Waals surface area contributed by atoms with Crippen LogP contribution in [0.25, 0.3) is 11.0 Å². The minimum atomic E-state index is -3.66. The highest BCUT2D eigenvalue weighted by Crippen LogP contribution is 2.29. The number of fused-ring (bicyclic) bond motifs is 1. The molecule has 0 spiro atoms. The highest BCUT2D eigenvalue weighted by molar-refractivity contribution is 7.89. The Morgan fingerprint density at radius 1 is 1.06 bits per heavy atom. The predicted octanol–water partition coefficient (Wildman–Crippen LogP) is 3.13. The van der Waals surface area contributed by atoms with E-state index in [4.69, 9.17) is 14.2 Å². The van der Waals surface area contributed by atoms with Gasteiger partial charge in [-0.05, 0) is 38.0 Å². The molecule has 31 heavy (non-hydrogen) atoms. The topological polar surface area (TPSA) is 92.5 Å².